The van der Waals surface area contributed by atoms with Gasteiger partial charge < -0.3 is 5.11 Å². The third-order valence-electron chi connectivity index (χ3n) is 1.86. The molecule has 1 N–H and O–H groups in total. The van der Waals surface area contributed by atoms with E-state index >= 15 is 0 Å². The number of carboxylic acids is 1. The van der Waals surface area contributed by atoms with E-state index in [-0.39, 0.29) is 0 Å². The molecule has 0 bridgehead atoms. The molecule has 0 aliphatic carbocycles. The monoisotopic (exact) mass is 401 g/mol. The Bertz CT molecular complexity index is 426. The Morgan fingerprint density at radius 3 is 1.56 bits per heavy atom. The molecule has 2 aromatic carbocycles. The molecule has 0 atom stereocenters. The predicted molar refractivity (Wildman–Crippen MR) is 59.5 cm³/mol. The van der Waals surface area contributed by atoms with Crippen LogP contribution in [0.15, 0.2) is 60.7 Å². The van der Waals surface area contributed by atoms with E-state index in [9.17, 15) is 4.79 Å². The molecule has 0 unspecified atom stereocenters. The summed E-state index contributed by atoms with van der Waals surface area (Å²) in [5, 5.41) is 8.38. The number of hydrogen-bond donors (Lipinski definition) is 1. The van der Waals surface area contributed by atoms with E-state index in [2.05, 4.69) is 30.3 Å². The topological polar surface area (TPSA) is 37.3 Å². The van der Waals surface area contributed by atoms with Crippen molar-refractivity contribution in [2.45, 2.75) is 0 Å². The van der Waals surface area contributed by atoms with Gasteiger partial charge in [-0.05, 0) is 12.1 Å². The van der Waals surface area contributed by atoms with Gasteiger partial charge in [-0.2, -0.15) is 0 Å². The summed E-state index contributed by atoms with van der Waals surface area (Å²) in [7, 11) is 0. The average molecular weight is 400 g/mol. The Morgan fingerprint density at radius 1 is 0.875 bits per heavy atom. The van der Waals surface area contributed by atoms with E-state index in [0.717, 1.165) is 26.1 Å². The maximum atomic E-state index is 10.2. The first kappa shape index (κ1) is 12.9. The van der Waals surface area contributed by atoms with E-state index in [4.69, 9.17) is 5.11 Å². The quantitative estimate of drug-likeness (QED) is 0.747. The minimum absolute atomic E-state index is 0.331. The van der Waals surface area contributed by atoms with Crippen LogP contribution in [0.5, 0.6) is 0 Å². The number of carboxylic acid groups (broad SMARTS) is 1. The summed E-state index contributed by atoms with van der Waals surface area (Å²) in [4.78, 5) is 10.2. The molecular formula is C13H11HgO2. The molecule has 0 spiro atoms. The Balaban J connectivity index is 0.000000165. The van der Waals surface area contributed by atoms with Crippen molar-refractivity contribution in [2.24, 2.45) is 0 Å². The summed E-state index contributed by atoms with van der Waals surface area (Å²) in [5.41, 5.74) is 0.331. The molecule has 3 heteroatoms. The summed E-state index contributed by atoms with van der Waals surface area (Å²) >= 11 is 0.810. The second kappa shape index (κ2) is 7.17. The zero-order valence-corrected chi connectivity index (χ0v) is 14.3. The van der Waals surface area contributed by atoms with Crippen molar-refractivity contribution in [3.63, 3.8) is 0 Å². The normalized spacial score (nSPS) is 8.88. The number of benzene rings is 2. The second-order valence-corrected chi connectivity index (χ2v) is 6.33. The van der Waals surface area contributed by atoms with E-state index < -0.39 is 5.97 Å². The van der Waals surface area contributed by atoms with Crippen LogP contribution in [0, 0.1) is 0 Å². The van der Waals surface area contributed by atoms with Crippen molar-refractivity contribution in [3.05, 3.63) is 66.2 Å². The zero-order chi connectivity index (χ0) is 11.8. The first-order chi connectivity index (χ1) is 7.70. The van der Waals surface area contributed by atoms with Crippen molar-refractivity contribution >= 4 is 9.04 Å². The van der Waals surface area contributed by atoms with Crippen LogP contribution >= 0.6 is 0 Å². The predicted octanol–water partition coefficient (Wildman–Crippen LogP) is 2.24. The Kier molecular flexibility index (Phi) is 5.79. The molecule has 0 saturated heterocycles. The SMILES string of the molecule is O=C(O)c1ccccc1.[Hg][c]1ccccc1. The molecular weight excluding hydrogens is 389 g/mol. The third-order valence-corrected chi connectivity index (χ3v) is 3.70. The van der Waals surface area contributed by atoms with Gasteiger partial charge in [0.1, 0.15) is 0 Å². The summed E-state index contributed by atoms with van der Waals surface area (Å²) in [5.74, 6) is -0.879. The molecule has 0 amide bonds. The van der Waals surface area contributed by atoms with Crippen LogP contribution in [0.3, 0.4) is 0 Å². The average Bonchev–Trinajstić information content (AvgIpc) is 2.32. The Hall–Kier alpha value is -1.15. The van der Waals surface area contributed by atoms with Crippen molar-refractivity contribution in [2.75, 3.05) is 0 Å². The van der Waals surface area contributed by atoms with Gasteiger partial charge in [-0.3, -0.25) is 0 Å². The van der Waals surface area contributed by atoms with Crippen LogP contribution in [0.4, 0.5) is 0 Å². The van der Waals surface area contributed by atoms with Crippen LogP contribution in [-0.4, -0.2) is 11.1 Å². The molecule has 2 nitrogen and oxygen atoms in total. The fourth-order valence-electron chi connectivity index (χ4n) is 1.06. The summed E-state index contributed by atoms with van der Waals surface area (Å²) in [6.07, 6.45) is 0. The van der Waals surface area contributed by atoms with Gasteiger partial charge in [-0.15, -0.1) is 0 Å². The molecule has 0 saturated carbocycles. The minimum atomic E-state index is -0.879. The first-order valence-corrected chi connectivity index (χ1v) is 7.60. The van der Waals surface area contributed by atoms with Crippen LogP contribution in [0.25, 0.3) is 0 Å². The molecule has 0 aliphatic heterocycles. The summed E-state index contributed by atoms with van der Waals surface area (Å²) in [6.45, 7) is 0. The number of carbonyl (C=O) groups is 1. The van der Waals surface area contributed by atoms with Gasteiger partial charge in [0.25, 0.3) is 0 Å². The van der Waals surface area contributed by atoms with Gasteiger partial charge in [0.2, 0.25) is 0 Å². The van der Waals surface area contributed by atoms with Crippen LogP contribution in [0.1, 0.15) is 10.4 Å². The molecule has 0 aliphatic rings. The van der Waals surface area contributed by atoms with Crippen LogP contribution in [-0.2, 0) is 26.1 Å². The molecule has 0 aromatic heterocycles. The Labute approximate surface area is 111 Å². The Morgan fingerprint density at radius 2 is 1.31 bits per heavy atom. The van der Waals surface area contributed by atoms with Gasteiger partial charge in [-0.1, -0.05) is 18.2 Å². The van der Waals surface area contributed by atoms with Crippen molar-refractivity contribution in [1.29, 1.82) is 0 Å². The molecule has 0 radical (unpaired) electrons. The van der Waals surface area contributed by atoms with Gasteiger partial charge >= 0.3 is 65.5 Å². The first-order valence-electron chi connectivity index (χ1n) is 4.85. The zero-order valence-electron chi connectivity index (χ0n) is 8.84. The maximum absolute atomic E-state index is 10.2. The molecule has 2 rings (SSSR count). The van der Waals surface area contributed by atoms with Gasteiger partial charge in [-0.25, -0.2) is 4.79 Å². The fraction of sp³-hybridized carbons (Fsp3) is 0. The number of hydrogen-bond acceptors (Lipinski definition) is 1. The van der Waals surface area contributed by atoms with Gasteiger partial charge in [0.05, 0.1) is 5.56 Å². The summed E-state index contributed by atoms with van der Waals surface area (Å²) in [6, 6.07) is 18.9. The van der Waals surface area contributed by atoms with E-state index in [1.807, 2.05) is 0 Å². The molecule has 16 heavy (non-hydrogen) atoms. The number of rotatable bonds is 1. The van der Waals surface area contributed by atoms with Crippen LogP contribution < -0.4 is 3.07 Å². The number of aromatic carboxylic acids is 1. The van der Waals surface area contributed by atoms with Crippen LogP contribution in [0.2, 0.25) is 0 Å². The van der Waals surface area contributed by atoms with E-state index in [1.54, 1.807) is 30.3 Å². The molecule has 2 aromatic rings. The second-order valence-electron chi connectivity index (χ2n) is 3.16. The van der Waals surface area contributed by atoms with Gasteiger partial charge in [0.15, 0.2) is 0 Å². The van der Waals surface area contributed by atoms with E-state index in [0.29, 0.717) is 5.56 Å². The molecule has 77 valence electrons. The standard InChI is InChI=1S/C7H6O2.C6H5.Hg/c8-7(9)6-4-2-1-3-5-6;1-2-4-6-5-3-1;/h1-5H,(H,8,9);1-5H;. The molecule has 0 heterocycles. The summed E-state index contributed by atoms with van der Waals surface area (Å²) < 4.78 is 1.52. The van der Waals surface area contributed by atoms with Crippen molar-refractivity contribution in [1.82, 2.24) is 0 Å². The third kappa shape index (κ3) is 5.07. The fourth-order valence-corrected chi connectivity index (χ4v) is 2.12. The molecule has 0 fully saturated rings. The van der Waals surface area contributed by atoms with Crippen molar-refractivity contribution in [3.8, 4) is 0 Å². The van der Waals surface area contributed by atoms with E-state index in [1.165, 1.54) is 3.07 Å². The van der Waals surface area contributed by atoms with Crippen molar-refractivity contribution < 1.29 is 36.0 Å². The van der Waals surface area contributed by atoms with Gasteiger partial charge in [0, 0.05) is 0 Å².